The number of nitrogens with one attached hydrogen (secondary N) is 1. The van der Waals surface area contributed by atoms with E-state index in [0.29, 0.717) is 24.4 Å². The lowest BCUT2D eigenvalue weighted by atomic mass is 10.1. The first-order chi connectivity index (χ1) is 10.5. The van der Waals surface area contributed by atoms with E-state index >= 15 is 0 Å². The Morgan fingerprint density at radius 2 is 2.14 bits per heavy atom. The highest BCUT2D eigenvalue weighted by Gasteiger charge is 2.16. The summed E-state index contributed by atoms with van der Waals surface area (Å²) >= 11 is 0. The van der Waals surface area contributed by atoms with Crippen LogP contribution in [0.5, 0.6) is 0 Å². The number of nitrogens with zero attached hydrogens (tertiary/aromatic N) is 4. The molecule has 2 heterocycles. The zero-order chi connectivity index (χ0) is 16.1. The number of methoxy groups -OCH3 is 1. The number of halogens is 2. The lowest BCUT2D eigenvalue weighted by molar-refractivity contribution is 0.146. The first kappa shape index (κ1) is 16.3. The maximum Gasteiger partial charge on any atom is 0.280 e. The molecular weight excluding hydrogens is 292 g/mol. The average molecular weight is 311 g/mol. The Morgan fingerprint density at radius 3 is 2.73 bits per heavy atom. The summed E-state index contributed by atoms with van der Waals surface area (Å²) in [6, 6.07) is 1.30. The molecule has 0 atom stereocenters. The quantitative estimate of drug-likeness (QED) is 0.796. The summed E-state index contributed by atoms with van der Waals surface area (Å²) < 4.78 is 32.6. The fraction of sp³-hybridized carbons (Fsp3) is 0.500. The number of aromatic nitrogens is 4. The predicted molar refractivity (Wildman–Crippen MR) is 78.9 cm³/mol. The third-order valence-corrected chi connectivity index (χ3v) is 3.07. The summed E-state index contributed by atoms with van der Waals surface area (Å²) in [7, 11) is 3.38. The first-order valence-electron chi connectivity index (χ1n) is 6.92. The minimum Gasteiger partial charge on any atom is -0.385 e. The number of hydrogen-bond acceptors (Lipinski definition) is 5. The third kappa shape index (κ3) is 3.97. The molecule has 22 heavy (non-hydrogen) atoms. The monoisotopic (exact) mass is 311 g/mol. The minimum absolute atomic E-state index is 0.187. The van der Waals surface area contributed by atoms with Crippen molar-refractivity contribution in [2.24, 2.45) is 7.05 Å². The molecule has 0 aliphatic rings. The van der Waals surface area contributed by atoms with Crippen LogP contribution in [0.15, 0.2) is 12.3 Å². The van der Waals surface area contributed by atoms with Crippen LogP contribution in [-0.4, -0.2) is 40.0 Å². The van der Waals surface area contributed by atoms with Crippen LogP contribution < -0.4 is 5.32 Å². The first-order valence-corrected chi connectivity index (χ1v) is 6.92. The van der Waals surface area contributed by atoms with Gasteiger partial charge in [-0.05, 0) is 19.4 Å². The minimum atomic E-state index is -2.65. The molecule has 2 aromatic heterocycles. The standard InChI is InChI=1S/C14H19F2N5O/c1-9-10(8-21(2)20-9)11-7-12(13(15)16)19-14(18-11)17-5-4-6-22-3/h7-8,13H,4-6H2,1-3H3,(H,17,18,19). The molecule has 120 valence electrons. The maximum absolute atomic E-state index is 13.0. The van der Waals surface area contributed by atoms with Gasteiger partial charge in [0.25, 0.3) is 6.43 Å². The van der Waals surface area contributed by atoms with E-state index in [0.717, 1.165) is 12.1 Å². The Morgan fingerprint density at radius 1 is 1.36 bits per heavy atom. The van der Waals surface area contributed by atoms with Crippen LogP contribution in [0.3, 0.4) is 0 Å². The van der Waals surface area contributed by atoms with Crippen molar-refractivity contribution < 1.29 is 13.5 Å². The molecule has 0 radical (unpaired) electrons. The van der Waals surface area contributed by atoms with Gasteiger partial charge in [0, 0.05) is 39.1 Å². The average Bonchev–Trinajstić information content (AvgIpc) is 2.82. The fourth-order valence-electron chi connectivity index (χ4n) is 2.06. The van der Waals surface area contributed by atoms with Gasteiger partial charge < -0.3 is 10.1 Å². The van der Waals surface area contributed by atoms with Crippen molar-refractivity contribution in [1.29, 1.82) is 0 Å². The number of anilines is 1. The molecule has 0 spiro atoms. The molecule has 2 aromatic rings. The summed E-state index contributed by atoms with van der Waals surface area (Å²) in [4.78, 5) is 8.16. The predicted octanol–water partition coefficient (Wildman–Crippen LogP) is 2.57. The van der Waals surface area contributed by atoms with E-state index in [2.05, 4.69) is 20.4 Å². The zero-order valence-corrected chi connectivity index (χ0v) is 12.8. The van der Waals surface area contributed by atoms with Gasteiger partial charge >= 0.3 is 0 Å². The summed E-state index contributed by atoms with van der Waals surface area (Å²) in [5.41, 5.74) is 1.58. The molecule has 6 nitrogen and oxygen atoms in total. The van der Waals surface area contributed by atoms with Crippen molar-refractivity contribution in [2.75, 3.05) is 25.6 Å². The smallest absolute Gasteiger partial charge is 0.280 e. The molecule has 0 fully saturated rings. The lowest BCUT2D eigenvalue weighted by Gasteiger charge is -2.09. The van der Waals surface area contributed by atoms with Crippen LogP contribution in [0.4, 0.5) is 14.7 Å². The fourth-order valence-corrected chi connectivity index (χ4v) is 2.06. The van der Waals surface area contributed by atoms with Crippen molar-refractivity contribution in [1.82, 2.24) is 19.7 Å². The van der Waals surface area contributed by atoms with Gasteiger partial charge in [0.05, 0.1) is 11.4 Å². The molecule has 0 saturated carbocycles. The highest BCUT2D eigenvalue weighted by Crippen LogP contribution is 2.26. The Kier molecular flexibility index (Phi) is 5.37. The Balaban J connectivity index is 2.29. The SMILES string of the molecule is COCCCNc1nc(-c2cn(C)nc2C)cc(C(F)F)n1. The molecule has 0 aliphatic carbocycles. The molecule has 0 unspecified atom stereocenters. The van der Waals surface area contributed by atoms with E-state index < -0.39 is 6.43 Å². The molecule has 0 amide bonds. The van der Waals surface area contributed by atoms with Crippen LogP contribution in [0.1, 0.15) is 24.2 Å². The Bertz CT molecular complexity index is 630. The second-order valence-electron chi connectivity index (χ2n) is 4.88. The van der Waals surface area contributed by atoms with E-state index in [1.54, 1.807) is 25.0 Å². The number of aryl methyl sites for hydroxylation is 2. The summed E-state index contributed by atoms with van der Waals surface area (Å²) in [6.45, 7) is 2.94. The van der Waals surface area contributed by atoms with Crippen LogP contribution in [0.25, 0.3) is 11.3 Å². The van der Waals surface area contributed by atoms with Crippen molar-refractivity contribution >= 4 is 5.95 Å². The van der Waals surface area contributed by atoms with Crippen molar-refractivity contribution in [3.8, 4) is 11.3 Å². The van der Waals surface area contributed by atoms with Gasteiger partial charge in [0.15, 0.2) is 0 Å². The normalized spacial score (nSPS) is 11.2. The molecule has 1 N–H and O–H groups in total. The Hall–Kier alpha value is -2.09. The van der Waals surface area contributed by atoms with Gasteiger partial charge in [0.1, 0.15) is 5.69 Å². The van der Waals surface area contributed by atoms with E-state index in [1.807, 2.05) is 6.92 Å². The highest BCUT2D eigenvalue weighted by atomic mass is 19.3. The van der Waals surface area contributed by atoms with E-state index in [4.69, 9.17) is 4.74 Å². The summed E-state index contributed by atoms with van der Waals surface area (Å²) in [5, 5.41) is 7.16. The Labute approximate surface area is 127 Å². The number of ether oxygens (including phenoxy) is 1. The number of rotatable bonds is 7. The van der Waals surface area contributed by atoms with E-state index in [-0.39, 0.29) is 11.6 Å². The molecule has 0 aliphatic heterocycles. The summed E-state index contributed by atoms with van der Waals surface area (Å²) in [6.07, 6.45) is -0.167. The molecular formula is C14H19F2N5O. The van der Waals surface area contributed by atoms with Gasteiger partial charge in [-0.25, -0.2) is 18.7 Å². The van der Waals surface area contributed by atoms with Gasteiger partial charge in [-0.2, -0.15) is 5.10 Å². The van der Waals surface area contributed by atoms with Gasteiger partial charge in [-0.15, -0.1) is 0 Å². The van der Waals surface area contributed by atoms with Crippen molar-refractivity contribution in [2.45, 2.75) is 19.8 Å². The topological polar surface area (TPSA) is 64.9 Å². The highest BCUT2D eigenvalue weighted by molar-refractivity contribution is 5.62. The van der Waals surface area contributed by atoms with Gasteiger partial charge in [0.2, 0.25) is 5.95 Å². The largest absolute Gasteiger partial charge is 0.385 e. The van der Waals surface area contributed by atoms with Crippen LogP contribution in [-0.2, 0) is 11.8 Å². The number of alkyl halides is 2. The molecule has 0 saturated heterocycles. The molecule has 0 bridgehead atoms. The number of hydrogen-bond donors (Lipinski definition) is 1. The van der Waals surface area contributed by atoms with Crippen LogP contribution in [0, 0.1) is 6.92 Å². The zero-order valence-electron chi connectivity index (χ0n) is 12.8. The van der Waals surface area contributed by atoms with Crippen LogP contribution in [0.2, 0.25) is 0 Å². The molecule has 2 rings (SSSR count). The lowest BCUT2D eigenvalue weighted by Crippen LogP contribution is -2.09. The third-order valence-electron chi connectivity index (χ3n) is 3.07. The van der Waals surface area contributed by atoms with E-state index in [1.165, 1.54) is 6.07 Å². The van der Waals surface area contributed by atoms with E-state index in [9.17, 15) is 8.78 Å². The van der Waals surface area contributed by atoms with Gasteiger partial charge in [-0.3, -0.25) is 4.68 Å². The maximum atomic E-state index is 13.0. The van der Waals surface area contributed by atoms with Gasteiger partial charge in [-0.1, -0.05) is 0 Å². The van der Waals surface area contributed by atoms with Crippen molar-refractivity contribution in [3.63, 3.8) is 0 Å². The molecule has 8 heteroatoms. The van der Waals surface area contributed by atoms with Crippen molar-refractivity contribution in [3.05, 3.63) is 23.7 Å². The second kappa shape index (κ2) is 7.26. The summed E-state index contributed by atoms with van der Waals surface area (Å²) in [5.74, 6) is 0.187. The second-order valence-corrected chi connectivity index (χ2v) is 4.88. The van der Waals surface area contributed by atoms with Crippen LogP contribution >= 0.6 is 0 Å². The molecule has 0 aromatic carbocycles.